The van der Waals surface area contributed by atoms with Gasteiger partial charge >= 0.3 is 6.09 Å². The van der Waals surface area contributed by atoms with Gasteiger partial charge < -0.3 is 40.4 Å². The average Bonchev–Trinajstić information content (AvgIpc) is 3.52. The highest BCUT2D eigenvalue weighted by molar-refractivity contribution is 7.90. The van der Waals surface area contributed by atoms with Crippen LogP contribution in [0.5, 0.6) is 11.5 Å². The molecule has 2 aromatic heterocycles. The number of anilines is 2. The Kier molecular flexibility index (Phi) is 15.2. The van der Waals surface area contributed by atoms with Gasteiger partial charge in [-0.3, -0.25) is 14.4 Å². The normalized spacial score (nSPS) is 22.6. The molecule has 4 heterocycles. The molecule has 4 aromatic rings. The zero-order chi connectivity index (χ0) is 49.0. The van der Waals surface area contributed by atoms with Gasteiger partial charge in [0.1, 0.15) is 45.4 Å². The second kappa shape index (κ2) is 20.7. The van der Waals surface area contributed by atoms with Crippen molar-refractivity contribution in [2.75, 3.05) is 30.8 Å². The van der Waals surface area contributed by atoms with Crippen molar-refractivity contribution in [1.82, 2.24) is 30.2 Å². The third-order valence-electron chi connectivity index (χ3n) is 12.1. The molecule has 0 radical (unpaired) electrons. The second-order valence-electron chi connectivity index (χ2n) is 19.4. The van der Waals surface area contributed by atoms with Gasteiger partial charge in [-0.25, -0.2) is 27.9 Å². The molecule has 1 saturated heterocycles. The van der Waals surface area contributed by atoms with Crippen molar-refractivity contribution in [3.05, 3.63) is 66.1 Å². The number of carbonyl (C=O) groups excluding carboxylic acids is 4. The molecule has 68 heavy (non-hydrogen) atoms. The number of rotatable bonds is 12. The minimum Gasteiger partial charge on any atom is -0.497 e. The Balaban J connectivity index is 1.21. The predicted octanol–water partition coefficient (Wildman–Crippen LogP) is 7.40. The van der Waals surface area contributed by atoms with Crippen LogP contribution in [0.1, 0.15) is 93.4 Å². The molecule has 2 fully saturated rings. The number of methoxy groups -OCH3 is 1. The van der Waals surface area contributed by atoms with Crippen LogP contribution in [-0.4, -0.2) is 103 Å². The molecule has 1 aliphatic carbocycles. The van der Waals surface area contributed by atoms with Crippen LogP contribution in [-0.2, 0) is 29.1 Å². The van der Waals surface area contributed by atoms with E-state index in [2.05, 4.69) is 26.0 Å². The van der Waals surface area contributed by atoms with Crippen LogP contribution in [0, 0.1) is 11.8 Å². The van der Waals surface area contributed by atoms with Gasteiger partial charge in [-0.1, -0.05) is 44.6 Å². The first kappa shape index (κ1) is 49.9. The Morgan fingerprint density at radius 2 is 1.79 bits per heavy atom. The van der Waals surface area contributed by atoms with Crippen LogP contribution in [0.3, 0.4) is 0 Å². The summed E-state index contributed by atoms with van der Waals surface area (Å²) in [5.41, 5.74) is -0.297. The molecule has 0 bridgehead atoms. The van der Waals surface area contributed by atoms with Crippen molar-refractivity contribution in [2.24, 2.45) is 11.8 Å². The first-order valence-electron chi connectivity index (χ1n) is 23.3. The van der Waals surface area contributed by atoms with E-state index in [9.17, 15) is 27.6 Å². The van der Waals surface area contributed by atoms with E-state index < -0.39 is 69.1 Å². The van der Waals surface area contributed by atoms with Crippen LogP contribution in [0.25, 0.3) is 22.3 Å². The molecule has 5 N–H and O–H groups in total. The molecule has 3 aliphatic rings. The van der Waals surface area contributed by atoms with Gasteiger partial charge in [0.2, 0.25) is 11.8 Å². The van der Waals surface area contributed by atoms with Crippen molar-refractivity contribution in [2.45, 2.75) is 134 Å². The molecule has 0 spiro atoms. The minimum absolute atomic E-state index is 0.0213. The maximum Gasteiger partial charge on any atom is 0.407 e. The van der Waals surface area contributed by atoms with Crippen molar-refractivity contribution in [3.63, 3.8) is 0 Å². The first-order chi connectivity index (χ1) is 32.2. The summed E-state index contributed by atoms with van der Waals surface area (Å²) < 4.78 is 48.0. The van der Waals surface area contributed by atoms with Crippen molar-refractivity contribution < 1.29 is 41.8 Å². The zero-order valence-corrected chi connectivity index (χ0v) is 41.6. The standard InChI is InChI=1S/C49H64N8O9S2/c1-29(2)36(54-47(61)66-48(5,6)7)25-43(58)57-27-33(65-41-24-38(39-28-67-46(53-39)51-30(3)4)52-37-22-32(64-8)19-20-34(37)41)23-40(57)44(59)55-49-26-31(49)16-12-10-9-11-15-21-50-35-17-13-14-18-42(35)68(62,63)56-45(49)60/h12-14,16-20,22,24,28-31,33,36,40,50H,9-11,15,21,23,25-27H2,1-8H3,(H,51,53)(H,54,61)(H,55,59)(H,56,60)/b16-12-/t31?,33-,36-,40+,49-/m1/s1. The van der Waals surface area contributed by atoms with Gasteiger partial charge in [0.25, 0.3) is 15.9 Å². The molecule has 5 atom stereocenters. The number of amides is 4. The topological polar surface area (TPSA) is 219 Å². The average molecular weight is 973 g/mol. The fourth-order valence-electron chi connectivity index (χ4n) is 8.49. The lowest BCUT2D eigenvalue weighted by molar-refractivity contribution is -0.140. The van der Waals surface area contributed by atoms with Crippen LogP contribution >= 0.6 is 11.3 Å². The highest BCUT2D eigenvalue weighted by atomic mass is 32.2. The third kappa shape index (κ3) is 12.0. The molecule has 2 aliphatic heterocycles. The van der Waals surface area contributed by atoms with E-state index in [-0.39, 0.29) is 42.7 Å². The molecular weight excluding hydrogens is 909 g/mol. The van der Waals surface area contributed by atoms with Gasteiger partial charge in [-0.15, -0.1) is 11.3 Å². The number of fused-ring (bicyclic) bond motifs is 3. The van der Waals surface area contributed by atoms with E-state index in [1.54, 1.807) is 64.3 Å². The molecule has 7 rings (SSSR count). The highest BCUT2D eigenvalue weighted by Gasteiger charge is 2.61. The van der Waals surface area contributed by atoms with Gasteiger partial charge in [0, 0.05) is 60.3 Å². The molecule has 1 unspecified atom stereocenters. The molecule has 17 nitrogen and oxygen atoms in total. The second-order valence-corrected chi connectivity index (χ2v) is 21.9. The molecule has 1 saturated carbocycles. The summed E-state index contributed by atoms with van der Waals surface area (Å²) in [6.07, 6.45) is 5.77. The van der Waals surface area contributed by atoms with E-state index in [1.165, 1.54) is 22.3 Å². The van der Waals surface area contributed by atoms with Gasteiger partial charge in [-0.05, 0) is 90.5 Å². The number of carbonyl (C=O) groups is 4. The van der Waals surface area contributed by atoms with E-state index in [4.69, 9.17) is 24.2 Å². The Morgan fingerprint density at radius 1 is 1.01 bits per heavy atom. The summed E-state index contributed by atoms with van der Waals surface area (Å²) in [5, 5.41) is 15.6. The summed E-state index contributed by atoms with van der Waals surface area (Å²) in [4.78, 5) is 67.9. The SMILES string of the molecule is COc1ccc2c(O[C@@H]3C[C@@H](C(=O)N[C@]45CC4/C=C\CCCCCNc4ccccc4S(=O)(=O)NC5=O)N(C(=O)C[C@@H](NC(=O)OC(C)(C)C)C(C)C)C3)cc(-c3csc(NC(C)C)n3)nc2c1. The first-order valence-corrected chi connectivity index (χ1v) is 25.7. The maximum absolute atomic E-state index is 14.9. The number of hydrogen-bond donors (Lipinski definition) is 5. The number of aromatic nitrogens is 2. The monoisotopic (exact) mass is 972 g/mol. The molecule has 366 valence electrons. The van der Waals surface area contributed by atoms with Gasteiger partial charge in [0.05, 0.1) is 30.6 Å². The molecule has 2 aromatic carbocycles. The van der Waals surface area contributed by atoms with Gasteiger partial charge in [-0.2, -0.15) is 0 Å². The highest BCUT2D eigenvalue weighted by Crippen LogP contribution is 2.46. The number of benzene rings is 2. The number of para-hydroxylation sites is 1. The van der Waals surface area contributed by atoms with Crippen molar-refractivity contribution >= 4 is 66.9 Å². The summed E-state index contributed by atoms with van der Waals surface area (Å²) in [6, 6.07) is 12.0. The smallest absolute Gasteiger partial charge is 0.407 e. The van der Waals surface area contributed by atoms with Crippen molar-refractivity contribution in [1.29, 1.82) is 0 Å². The number of pyridine rings is 1. The number of likely N-dealkylation sites (tertiary alicyclic amines) is 1. The largest absolute Gasteiger partial charge is 0.497 e. The van der Waals surface area contributed by atoms with Crippen LogP contribution in [0.15, 0.2) is 71.0 Å². The minimum atomic E-state index is -4.40. The van der Waals surface area contributed by atoms with Crippen LogP contribution in [0.4, 0.5) is 15.6 Å². The lowest BCUT2D eigenvalue weighted by Crippen LogP contribution is -2.56. The molecule has 19 heteroatoms. The fourth-order valence-corrected chi connectivity index (χ4v) is 10.6. The Hall–Kier alpha value is -5.95. The van der Waals surface area contributed by atoms with Crippen molar-refractivity contribution in [3.8, 4) is 22.9 Å². The fraction of sp³-hybridized carbons (Fsp3) is 0.510. The molecule has 4 amide bonds. The quantitative estimate of drug-likeness (QED) is 0.0876. The van der Waals surface area contributed by atoms with Crippen LogP contribution in [0.2, 0.25) is 0 Å². The zero-order valence-electron chi connectivity index (χ0n) is 40.0. The Morgan fingerprint density at radius 3 is 2.53 bits per heavy atom. The Bertz CT molecular complexity index is 2650. The predicted molar refractivity (Wildman–Crippen MR) is 262 cm³/mol. The van der Waals surface area contributed by atoms with Crippen LogP contribution < -0.4 is 35.5 Å². The van der Waals surface area contributed by atoms with E-state index in [0.717, 1.165) is 30.8 Å². The summed E-state index contributed by atoms with van der Waals surface area (Å²) in [5.74, 6) is -1.65. The number of allylic oxidation sites excluding steroid dienone is 1. The van der Waals surface area contributed by atoms with E-state index in [1.807, 2.05) is 51.3 Å². The lowest BCUT2D eigenvalue weighted by Gasteiger charge is -2.29. The van der Waals surface area contributed by atoms with Gasteiger partial charge in [0.15, 0.2) is 5.13 Å². The number of hydrogen-bond acceptors (Lipinski definition) is 14. The third-order valence-corrected chi connectivity index (χ3v) is 14.3. The number of ether oxygens (including phenoxy) is 3. The van der Waals surface area contributed by atoms with E-state index in [0.29, 0.717) is 46.0 Å². The van der Waals surface area contributed by atoms with E-state index >= 15 is 0 Å². The maximum atomic E-state index is 14.9. The molecular formula is C49H64N8O9S2. The lowest BCUT2D eigenvalue weighted by atomic mass is 10.00. The summed E-state index contributed by atoms with van der Waals surface area (Å²) in [7, 11) is -2.83. The number of nitrogens with one attached hydrogen (secondary N) is 5. The Labute approximate surface area is 402 Å². The number of nitrogens with zero attached hydrogens (tertiary/aromatic N) is 3. The number of sulfonamides is 1. The summed E-state index contributed by atoms with van der Waals surface area (Å²) >= 11 is 1.45. The summed E-state index contributed by atoms with van der Waals surface area (Å²) in [6.45, 7) is 13.6. The number of alkyl carbamates (subject to hydrolysis) is 1. The number of thiazole rings is 1.